The summed E-state index contributed by atoms with van der Waals surface area (Å²) in [6.45, 7) is 2.47. The van der Waals surface area contributed by atoms with Crippen molar-refractivity contribution in [3.05, 3.63) is 71.4 Å². The van der Waals surface area contributed by atoms with E-state index >= 15 is 0 Å². The summed E-state index contributed by atoms with van der Waals surface area (Å²) in [4.78, 5) is 12.8. The van der Waals surface area contributed by atoms with Crippen molar-refractivity contribution >= 4 is 15.7 Å². The summed E-state index contributed by atoms with van der Waals surface area (Å²) in [6.07, 6.45) is 1.18. The fourth-order valence-corrected chi connectivity index (χ4v) is 5.59. The molecule has 0 radical (unpaired) electrons. The second kappa shape index (κ2) is 9.16. The molecule has 2 heterocycles. The van der Waals surface area contributed by atoms with Crippen LogP contribution in [0, 0.1) is 6.92 Å². The Labute approximate surface area is 188 Å². The number of aromatic nitrogens is 2. The molecule has 0 bridgehead atoms. The normalized spacial score (nSPS) is 17.2. The Morgan fingerprint density at radius 2 is 1.88 bits per heavy atom. The lowest BCUT2D eigenvalue weighted by atomic mass is 10.1. The van der Waals surface area contributed by atoms with Crippen molar-refractivity contribution in [1.82, 2.24) is 15.1 Å². The Balaban J connectivity index is 1.52. The van der Waals surface area contributed by atoms with E-state index < -0.39 is 9.84 Å². The molecule has 7 nitrogen and oxygen atoms in total. The molecule has 1 fully saturated rings. The average Bonchev–Trinajstić information content (AvgIpc) is 3.38. The van der Waals surface area contributed by atoms with Crippen LogP contribution in [0.15, 0.2) is 54.6 Å². The molecule has 4 rings (SSSR count). The van der Waals surface area contributed by atoms with Crippen molar-refractivity contribution in [2.75, 3.05) is 25.2 Å². The average molecular weight is 454 g/mol. The van der Waals surface area contributed by atoms with Crippen molar-refractivity contribution < 1.29 is 17.9 Å². The molecule has 1 N–H and O–H groups in total. The summed E-state index contributed by atoms with van der Waals surface area (Å²) in [5.41, 5.74) is 4.17. The van der Waals surface area contributed by atoms with E-state index in [0.29, 0.717) is 25.1 Å². The summed E-state index contributed by atoms with van der Waals surface area (Å²) in [5.74, 6) is 0.715. The molecule has 8 heteroatoms. The van der Waals surface area contributed by atoms with Gasteiger partial charge in [-0.15, -0.1) is 0 Å². The molecule has 1 aliphatic heterocycles. The number of ether oxygens (including phenoxy) is 1. The van der Waals surface area contributed by atoms with Gasteiger partial charge in [0.2, 0.25) is 0 Å². The first kappa shape index (κ1) is 22.1. The zero-order valence-electron chi connectivity index (χ0n) is 18.2. The highest BCUT2D eigenvalue weighted by atomic mass is 32.2. The van der Waals surface area contributed by atoms with Crippen LogP contribution in [0.1, 0.15) is 34.1 Å². The summed E-state index contributed by atoms with van der Waals surface area (Å²) < 4.78 is 31.0. The number of nitrogens with zero attached hydrogens (tertiary/aromatic N) is 2. The van der Waals surface area contributed by atoms with E-state index in [9.17, 15) is 13.2 Å². The number of hydrogen-bond acceptors (Lipinski definition) is 5. The topological polar surface area (TPSA) is 90.3 Å². The van der Waals surface area contributed by atoms with Gasteiger partial charge in [-0.1, -0.05) is 42.0 Å². The summed E-state index contributed by atoms with van der Waals surface area (Å²) >= 11 is 0. The number of hydrogen-bond donors (Lipinski definition) is 1. The highest BCUT2D eigenvalue weighted by Crippen LogP contribution is 2.30. The molecular weight excluding hydrogens is 426 g/mol. The quantitative estimate of drug-likeness (QED) is 0.593. The minimum absolute atomic E-state index is 0.0477. The van der Waals surface area contributed by atoms with E-state index in [-0.39, 0.29) is 23.5 Å². The van der Waals surface area contributed by atoms with Gasteiger partial charge in [-0.2, -0.15) is 5.10 Å². The van der Waals surface area contributed by atoms with Crippen LogP contribution in [0.2, 0.25) is 0 Å². The van der Waals surface area contributed by atoms with Gasteiger partial charge in [0, 0.05) is 6.54 Å². The first-order valence-corrected chi connectivity index (χ1v) is 12.4. The molecule has 1 aromatic heterocycles. The first-order chi connectivity index (χ1) is 15.3. The Morgan fingerprint density at radius 1 is 1.16 bits per heavy atom. The lowest BCUT2D eigenvalue weighted by molar-refractivity contribution is 0.0948. The van der Waals surface area contributed by atoms with Crippen molar-refractivity contribution in [3.63, 3.8) is 0 Å². The van der Waals surface area contributed by atoms with Gasteiger partial charge in [-0.05, 0) is 49.1 Å². The molecular formula is C24H27N3O4S. The Kier molecular flexibility index (Phi) is 6.32. The van der Waals surface area contributed by atoms with Crippen molar-refractivity contribution in [2.24, 2.45) is 0 Å². The van der Waals surface area contributed by atoms with Gasteiger partial charge >= 0.3 is 0 Å². The highest BCUT2D eigenvalue weighted by Gasteiger charge is 2.32. The van der Waals surface area contributed by atoms with Crippen LogP contribution in [-0.4, -0.2) is 49.3 Å². The molecule has 0 unspecified atom stereocenters. The molecule has 1 atom stereocenters. The maximum atomic E-state index is 12.8. The van der Waals surface area contributed by atoms with Crippen LogP contribution in [0.25, 0.3) is 11.3 Å². The van der Waals surface area contributed by atoms with Crippen LogP contribution in [0.4, 0.5) is 0 Å². The fourth-order valence-electron chi connectivity index (χ4n) is 3.90. The molecule has 168 valence electrons. The summed E-state index contributed by atoms with van der Waals surface area (Å²) in [6, 6.07) is 17.1. The Bertz CT molecular complexity index is 1200. The molecule has 1 aliphatic rings. The van der Waals surface area contributed by atoms with E-state index in [1.807, 2.05) is 55.5 Å². The van der Waals surface area contributed by atoms with Crippen LogP contribution in [-0.2, 0) is 16.3 Å². The molecule has 1 saturated heterocycles. The van der Waals surface area contributed by atoms with Gasteiger partial charge in [0.25, 0.3) is 5.91 Å². The highest BCUT2D eigenvalue weighted by molar-refractivity contribution is 7.91. The van der Waals surface area contributed by atoms with Crippen LogP contribution < -0.4 is 10.1 Å². The van der Waals surface area contributed by atoms with Crippen molar-refractivity contribution in [3.8, 4) is 17.0 Å². The summed E-state index contributed by atoms with van der Waals surface area (Å²) in [5, 5.41) is 7.45. The zero-order valence-corrected chi connectivity index (χ0v) is 19.1. The number of carbonyl (C=O) groups is 1. The second-order valence-electron chi connectivity index (χ2n) is 8.14. The van der Waals surface area contributed by atoms with Crippen LogP contribution in [0.5, 0.6) is 5.75 Å². The third-order valence-corrected chi connectivity index (χ3v) is 7.48. The third kappa shape index (κ3) is 5.02. The Hall–Kier alpha value is -3.13. The van der Waals surface area contributed by atoms with Gasteiger partial charge in [-0.25, -0.2) is 8.42 Å². The largest absolute Gasteiger partial charge is 0.497 e. The van der Waals surface area contributed by atoms with Gasteiger partial charge in [0.15, 0.2) is 15.5 Å². The smallest absolute Gasteiger partial charge is 0.271 e. The number of sulfone groups is 1. The van der Waals surface area contributed by atoms with Crippen molar-refractivity contribution in [2.45, 2.75) is 25.8 Å². The van der Waals surface area contributed by atoms with Crippen LogP contribution >= 0.6 is 0 Å². The predicted octanol–water partition coefficient (Wildman–Crippen LogP) is 3.20. The summed E-state index contributed by atoms with van der Waals surface area (Å²) in [7, 11) is -1.46. The second-order valence-corrected chi connectivity index (χ2v) is 10.4. The number of rotatable bonds is 7. The maximum Gasteiger partial charge on any atom is 0.271 e. The Morgan fingerprint density at radius 3 is 2.50 bits per heavy atom. The van der Waals surface area contributed by atoms with Gasteiger partial charge in [0.05, 0.1) is 30.4 Å². The first-order valence-electron chi connectivity index (χ1n) is 10.6. The SMILES string of the molecule is COc1ccc(CCNC(=O)c2cc(-c3ccc(C)cc3)n([C@@H]3CCS(=O)(=O)C3)n2)cc1. The predicted molar refractivity (Wildman–Crippen MR) is 124 cm³/mol. The van der Waals surface area contributed by atoms with Crippen molar-refractivity contribution in [1.29, 1.82) is 0 Å². The van der Waals surface area contributed by atoms with E-state index in [4.69, 9.17) is 4.74 Å². The molecule has 32 heavy (non-hydrogen) atoms. The van der Waals surface area contributed by atoms with E-state index in [2.05, 4.69) is 10.4 Å². The molecule has 2 aromatic carbocycles. The molecule has 0 spiro atoms. The lowest BCUT2D eigenvalue weighted by Crippen LogP contribution is -2.26. The molecule has 0 aliphatic carbocycles. The standard InChI is InChI=1S/C24H27N3O4S/c1-17-3-7-19(8-4-17)23-15-22(26-27(23)20-12-14-32(29,30)16-20)24(28)25-13-11-18-5-9-21(31-2)10-6-18/h3-10,15,20H,11-14,16H2,1-2H3,(H,25,28)/t20-/m1/s1. The number of carbonyl (C=O) groups excluding carboxylic acids is 1. The van der Waals surface area contributed by atoms with E-state index in [1.165, 1.54) is 0 Å². The zero-order chi connectivity index (χ0) is 22.7. The molecule has 0 saturated carbocycles. The minimum atomic E-state index is -3.08. The number of aryl methyl sites for hydroxylation is 1. The number of benzene rings is 2. The maximum absolute atomic E-state index is 12.8. The van der Waals surface area contributed by atoms with Gasteiger partial charge in [0.1, 0.15) is 5.75 Å². The number of nitrogens with one attached hydrogen (secondary N) is 1. The van der Waals surface area contributed by atoms with E-state index in [0.717, 1.165) is 28.1 Å². The number of amides is 1. The number of methoxy groups -OCH3 is 1. The lowest BCUT2D eigenvalue weighted by Gasteiger charge is -2.13. The molecule has 3 aromatic rings. The van der Waals surface area contributed by atoms with Gasteiger partial charge in [-0.3, -0.25) is 9.48 Å². The minimum Gasteiger partial charge on any atom is -0.497 e. The third-order valence-electron chi connectivity index (χ3n) is 5.73. The fraction of sp³-hybridized carbons (Fsp3) is 0.333. The van der Waals surface area contributed by atoms with Gasteiger partial charge < -0.3 is 10.1 Å². The van der Waals surface area contributed by atoms with E-state index in [1.54, 1.807) is 17.9 Å². The monoisotopic (exact) mass is 453 g/mol. The van der Waals surface area contributed by atoms with Crippen LogP contribution in [0.3, 0.4) is 0 Å². The molecule has 1 amide bonds.